The van der Waals surface area contributed by atoms with Crippen molar-refractivity contribution in [1.29, 1.82) is 0 Å². The first-order chi connectivity index (χ1) is 13.5. The highest BCUT2D eigenvalue weighted by molar-refractivity contribution is 6.07. The Morgan fingerprint density at radius 3 is 2.61 bits per heavy atom. The molecule has 5 nitrogen and oxygen atoms in total. The van der Waals surface area contributed by atoms with Gasteiger partial charge in [0.1, 0.15) is 5.75 Å². The third kappa shape index (κ3) is 3.05. The SMILES string of the molecule is CCC(=O)N1N=C2c3cc(OC)ccc3CC[C@@H]2[C@@H]1c1ccc(N(C)C)cc1. The fourth-order valence-corrected chi connectivity index (χ4v) is 4.29. The molecule has 0 saturated heterocycles. The van der Waals surface area contributed by atoms with Gasteiger partial charge >= 0.3 is 0 Å². The van der Waals surface area contributed by atoms with Gasteiger partial charge in [0, 0.05) is 37.7 Å². The van der Waals surface area contributed by atoms with Crippen molar-refractivity contribution < 1.29 is 9.53 Å². The number of rotatable bonds is 4. The lowest BCUT2D eigenvalue weighted by Gasteiger charge is -2.30. The van der Waals surface area contributed by atoms with E-state index in [9.17, 15) is 4.79 Å². The van der Waals surface area contributed by atoms with Gasteiger partial charge in [-0.05, 0) is 48.2 Å². The third-order valence-corrected chi connectivity index (χ3v) is 5.84. The van der Waals surface area contributed by atoms with Gasteiger partial charge in [-0.25, -0.2) is 5.01 Å². The van der Waals surface area contributed by atoms with Crippen LogP contribution in [-0.4, -0.2) is 37.8 Å². The number of methoxy groups -OCH3 is 1. The van der Waals surface area contributed by atoms with Crippen LogP contribution in [0.5, 0.6) is 5.75 Å². The molecule has 0 N–H and O–H groups in total. The van der Waals surface area contributed by atoms with Crippen molar-refractivity contribution in [2.24, 2.45) is 11.0 Å². The van der Waals surface area contributed by atoms with Crippen LogP contribution in [0.1, 0.15) is 42.5 Å². The van der Waals surface area contributed by atoms with E-state index in [-0.39, 0.29) is 17.9 Å². The monoisotopic (exact) mass is 377 g/mol. The standard InChI is InChI=1S/C23H27N3O2/c1-5-21(27)26-23(16-6-10-17(11-7-16)25(2)3)19-13-9-15-8-12-18(28-4)14-20(15)22(19)24-26/h6-8,10-12,14,19,23H,5,9,13H2,1-4H3/t19-,23-/m0/s1. The number of hydrazone groups is 1. The van der Waals surface area contributed by atoms with E-state index in [4.69, 9.17) is 9.84 Å². The van der Waals surface area contributed by atoms with Gasteiger partial charge in [-0.15, -0.1) is 0 Å². The first-order valence-electron chi connectivity index (χ1n) is 9.88. The summed E-state index contributed by atoms with van der Waals surface area (Å²) in [5.41, 5.74) is 5.71. The molecule has 2 atom stereocenters. The maximum Gasteiger partial charge on any atom is 0.242 e. The van der Waals surface area contributed by atoms with Crippen molar-refractivity contribution in [1.82, 2.24) is 5.01 Å². The zero-order chi connectivity index (χ0) is 19.8. The molecule has 0 unspecified atom stereocenters. The molecule has 0 radical (unpaired) electrons. The smallest absolute Gasteiger partial charge is 0.242 e. The van der Waals surface area contributed by atoms with E-state index in [0.29, 0.717) is 6.42 Å². The summed E-state index contributed by atoms with van der Waals surface area (Å²) in [5, 5.41) is 6.57. The molecule has 0 spiro atoms. The van der Waals surface area contributed by atoms with Crippen molar-refractivity contribution >= 4 is 17.3 Å². The summed E-state index contributed by atoms with van der Waals surface area (Å²) in [6.45, 7) is 1.90. The van der Waals surface area contributed by atoms with Gasteiger partial charge in [0.2, 0.25) is 5.91 Å². The maximum absolute atomic E-state index is 12.7. The minimum Gasteiger partial charge on any atom is -0.497 e. The molecule has 0 saturated carbocycles. The van der Waals surface area contributed by atoms with Gasteiger partial charge < -0.3 is 9.64 Å². The van der Waals surface area contributed by atoms with E-state index >= 15 is 0 Å². The number of aryl methyl sites for hydroxylation is 1. The van der Waals surface area contributed by atoms with Crippen molar-refractivity contribution in [2.75, 3.05) is 26.1 Å². The van der Waals surface area contributed by atoms with Crippen LogP contribution in [0.2, 0.25) is 0 Å². The second-order valence-electron chi connectivity index (χ2n) is 7.68. The Balaban J connectivity index is 1.77. The minimum absolute atomic E-state index is 0.0435. The number of ether oxygens (including phenoxy) is 1. The summed E-state index contributed by atoms with van der Waals surface area (Å²) >= 11 is 0. The van der Waals surface area contributed by atoms with Crippen LogP contribution in [0.15, 0.2) is 47.6 Å². The van der Waals surface area contributed by atoms with E-state index in [2.05, 4.69) is 41.3 Å². The van der Waals surface area contributed by atoms with Gasteiger partial charge in [-0.2, -0.15) is 5.10 Å². The van der Waals surface area contributed by atoms with E-state index in [1.807, 2.05) is 27.1 Å². The topological polar surface area (TPSA) is 45.1 Å². The largest absolute Gasteiger partial charge is 0.497 e. The van der Waals surface area contributed by atoms with Gasteiger partial charge in [-0.3, -0.25) is 4.79 Å². The molecule has 0 aromatic heterocycles. The summed E-state index contributed by atoms with van der Waals surface area (Å²) < 4.78 is 5.43. The molecule has 146 valence electrons. The van der Waals surface area contributed by atoms with Crippen molar-refractivity contribution in [3.63, 3.8) is 0 Å². The molecule has 1 heterocycles. The predicted octanol–water partition coefficient (Wildman–Crippen LogP) is 4.02. The Morgan fingerprint density at radius 1 is 1.21 bits per heavy atom. The van der Waals surface area contributed by atoms with E-state index < -0.39 is 0 Å². The van der Waals surface area contributed by atoms with Crippen molar-refractivity contribution in [3.8, 4) is 5.75 Å². The quantitative estimate of drug-likeness (QED) is 0.808. The van der Waals surface area contributed by atoms with E-state index in [1.165, 1.54) is 5.56 Å². The number of hydrogen-bond acceptors (Lipinski definition) is 4. The molecule has 2 aromatic carbocycles. The normalized spacial score (nSPS) is 20.3. The number of benzene rings is 2. The van der Waals surface area contributed by atoms with Crippen LogP contribution >= 0.6 is 0 Å². The summed E-state index contributed by atoms with van der Waals surface area (Å²) in [6.07, 6.45) is 2.43. The van der Waals surface area contributed by atoms with Crippen LogP contribution in [0.25, 0.3) is 0 Å². The Kier molecular flexibility index (Phi) is 4.84. The highest BCUT2D eigenvalue weighted by Crippen LogP contribution is 2.44. The lowest BCUT2D eigenvalue weighted by Crippen LogP contribution is -2.31. The number of fused-ring (bicyclic) bond motifs is 3. The molecule has 4 rings (SSSR count). The molecule has 2 aliphatic rings. The molecule has 0 bridgehead atoms. The van der Waals surface area contributed by atoms with Crippen LogP contribution in [0.3, 0.4) is 0 Å². The molecule has 28 heavy (non-hydrogen) atoms. The summed E-state index contributed by atoms with van der Waals surface area (Å²) in [4.78, 5) is 14.8. The lowest BCUT2D eigenvalue weighted by molar-refractivity contribution is -0.133. The first kappa shape index (κ1) is 18.5. The molecular formula is C23H27N3O2. The average Bonchev–Trinajstić information content (AvgIpc) is 3.12. The molecule has 2 aromatic rings. The minimum atomic E-state index is -0.0435. The molecule has 1 aliphatic carbocycles. The summed E-state index contributed by atoms with van der Waals surface area (Å²) in [5.74, 6) is 1.10. The van der Waals surface area contributed by atoms with Gasteiger partial charge in [0.05, 0.1) is 18.9 Å². The predicted molar refractivity (Wildman–Crippen MR) is 112 cm³/mol. The number of anilines is 1. The Morgan fingerprint density at radius 2 is 1.96 bits per heavy atom. The molecule has 1 amide bonds. The third-order valence-electron chi connectivity index (χ3n) is 5.84. The molecule has 1 aliphatic heterocycles. The van der Waals surface area contributed by atoms with Gasteiger partial charge in [0.25, 0.3) is 0 Å². The number of carbonyl (C=O) groups is 1. The van der Waals surface area contributed by atoms with Crippen molar-refractivity contribution in [2.45, 2.75) is 32.2 Å². The molecular weight excluding hydrogens is 350 g/mol. The second-order valence-corrected chi connectivity index (χ2v) is 7.68. The van der Waals surface area contributed by atoms with E-state index in [1.54, 1.807) is 12.1 Å². The fourth-order valence-electron chi connectivity index (χ4n) is 4.29. The Hall–Kier alpha value is -2.82. The second kappa shape index (κ2) is 7.30. The number of amides is 1. The fraction of sp³-hybridized carbons (Fsp3) is 0.391. The van der Waals surface area contributed by atoms with Gasteiger partial charge in [0.15, 0.2) is 0 Å². The zero-order valence-corrected chi connectivity index (χ0v) is 17.0. The van der Waals surface area contributed by atoms with Crippen LogP contribution < -0.4 is 9.64 Å². The maximum atomic E-state index is 12.7. The highest BCUT2D eigenvalue weighted by atomic mass is 16.5. The Bertz CT molecular complexity index is 918. The number of hydrogen-bond donors (Lipinski definition) is 0. The van der Waals surface area contributed by atoms with Crippen LogP contribution in [0, 0.1) is 5.92 Å². The molecule has 5 heteroatoms. The number of carbonyl (C=O) groups excluding carboxylic acids is 1. The van der Waals surface area contributed by atoms with Crippen molar-refractivity contribution in [3.05, 3.63) is 59.2 Å². The average molecular weight is 377 g/mol. The first-order valence-corrected chi connectivity index (χ1v) is 9.88. The number of nitrogens with zero attached hydrogens (tertiary/aromatic N) is 3. The van der Waals surface area contributed by atoms with Crippen LogP contribution in [0.4, 0.5) is 5.69 Å². The zero-order valence-electron chi connectivity index (χ0n) is 17.0. The van der Waals surface area contributed by atoms with Gasteiger partial charge in [-0.1, -0.05) is 25.1 Å². The lowest BCUT2D eigenvalue weighted by atomic mass is 9.77. The van der Waals surface area contributed by atoms with E-state index in [0.717, 1.165) is 41.1 Å². The highest BCUT2D eigenvalue weighted by Gasteiger charge is 2.43. The molecule has 0 fully saturated rings. The summed E-state index contributed by atoms with van der Waals surface area (Å²) in [7, 11) is 5.74. The van der Waals surface area contributed by atoms with Crippen LogP contribution in [-0.2, 0) is 11.2 Å². The summed E-state index contributed by atoms with van der Waals surface area (Å²) in [6, 6.07) is 14.6. The Labute approximate surface area is 166 Å².